The highest BCUT2D eigenvalue weighted by Crippen LogP contribution is 2.36. The summed E-state index contributed by atoms with van der Waals surface area (Å²) in [5.41, 5.74) is 0.305. The van der Waals surface area contributed by atoms with Gasteiger partial charge in [0.05, 0.1) is 31.6 Å². The Hall–Kier alpha value is -2.65. The monoisotopic (exact) mass is 383 g/mol. The van der Waals surface area contributed by atoms with Gasteiger partial charge in [0.2, 0.25) is 10.0 Å². The maximum absolute atomic E-state index is 13.0. The zero-order valence-corrected chi connectivity index (χ0v) is 14.9. The van der Waals surface area contributed by atoms with Gasteiger partial charge in [-0.2, -0.15) is 0 Å². The van der Waals surface area contributed by atoms with Gasteiger partial charge in [-0.3, -0.25) is 4.79 Å². The van der Waals surface area contributed by atoms with Gasteiger partial charge >= 0.3 is 5.97 Å². The van der Waals surface area contributed by atoms with E-state index in [0.717, 1.165) is 24.3 Å². The van der Waals surface area contributed by atoms with Crippen LogP contribution < -0.4 is 14.2 Å². The summed E-state index contributed by atoms with van der Waals surface area (Å²) in [6, 6.07) is 7.83. The summed E-state index contributed by atoms with van der Waals surface area (Å²) >= 11 is 0. The maximum Gasteiger partial charge on any atom is 0.305 e. The van der Waals surface area contributed by atoms with Crippen molar-refractivity contribution in [3.63, 3.8) is 0 Å². The predicted molar refractivity (Wildman–Crippen MR) is 91.3 cm³/mol. The van der Waals surface area contributed by atoms with Crippen LogP contribution in [0.5, 0.6) is 11.5 Å². The van der Waals surface area contributed by atoms with Crippen LogP contribution in [-0.4, -0.2) is 33.7 Å². The van der Waals surface area contributed by atoms with Gasteiger partial charge in [0, 0.05) is 5.56 Å². The lowest BCUT2D eigenvalue weighted by molar-refractivity contribution is -0.137. The molecule has 0 fully saturated rings. The van der Waals surface area contributed by atoms with Crippen molar-refractivity contribution in [1.29, 1.82) is 0 Å². The van der Waals surface area contributed by atoms with Crippen molar-refractivity contribution in [2.45, 2.75) is 17.4 Å². The summed E-state index contributed by atoms with van der Waals surface area (Å²) < 4.78 is 50.9. The summed E-state index contributed by atoms with van der Waals surface area (Å²) in [5.74, 6) is -1.23. The fourth-order valence-corrected chi connectivity index (χ4v) is 3.66. The largest absolute Gasteiger partial charge is 0.493 e. The number of halogens is 1. The summed E-state index contributed by atoms with van der Waals surface area (Å²) in [7, 11) is -1.31. The van der Waals surface area contributed by atoms with E-state index in [0.29, 0.717) is 11.3 Å². The van der Waals surface area contributed by atoms with Crippen molar-refractivity contribution in [3.05, 3.63) is 53.8 Å². The normalized spacial score (nSPS) is 12.4. The van der Waals surface area contributed by atoms with Crippen LogP contribution in [0.3, 0.4) is 0 Å². The lowest BCUT2D eigenvalue weighted by atomic mass is 10.0. The van der Waals surface area contributed by atoms with Crippen LogP contribution in [0.15, 0.2) is 47.4 Å². The molecule has 2 rings (SSSR count). The minimum absolute atomic E-state index is 0.184. The fraction of sp³-hybridized carbons (Fsp3) is 0.235. The average molecular weight is 383 g/mol. The summed E-state index contributed by atoms with van der Waals surface area (Å²) in [6.07, 6.45) is -0.524. The molecule has 0 amide bonds. The second kappa shape index (κ2) is 8.15. The van der Waals surface area contributed by atoms with Crippen LogP contribution in [0.1, 0.15) is 18.0 Å². The number of carboxylic acid groups (broad SMARTS) is 1. The van der Waals surface area contributed by atoms with Gasteiger partial charge < -0.3 is 14.6 Å². The van der Waals surface area contributed by atoms with Crippen molar-refractivity contribution in [1.82, 2.24) is 4.72 Å². The number of methoxy groups -OCH3 is 2. The van der Waals surface area contributed by atoms with Gasteiger partial charge in [-0.1, -0.05) is 12.1 Å². The number of hydrogen-bond acceptors (Lipinski definition) is 5. The number of carboxylic acids is 1. The molecule has 2 aromatic carbocycles. The molecule has 2 N–H and O–H groups in total. The lowest BCUT2D eigenvalue weighted by Crippen LogP contribution is -2.30. The van der Waals surface area contributed by atoms with Crippen molar-refractivity contribution in [2.24, 2.45) is 0 Å². The highest BCUT2D eigenvalue weighted by molar-refractivity contribution is 7.89. The van der Waals surface area contributed by atoms with E-state index in [1.807, 2.05) is 0 Å². The Bertz CT molecular complexity index is 883. The molecule has 26 heavy (non-hydrogen) atoms. The molecule has 2 aromatic rings. The van der Waals surface area contributed by atoms with Crippen LogP contribution in [0.25, 0.3) is 0 Å². The SMILES string of the molecule is COc1cccc([C@@H](CC(=O)O)NS(=O)(=O)c2ccc(F)cc2)c1OC. The molecule has 0 saturated carbocycles. The van der Waals surface area contributed by atoms with Crippen molar-refractivity contribution in [3.8, 4) is 11.5 Å². The quantitative estimate of drug-likeness (QED) is 0.725. The number of para-hydroxylation sites is 1. The smallest absolute Gasteiger partial charge is 0.305 e. The molecule has 140 valence electrons. The van der Waals surface area contributed by atoms with Crippen molar-refractivity contribution < 1.29 is 32.2 Å². The Kier molecular flexibility index (Phi) is 6.17. The third kappa shape index (κ3) is 4.50. The molecule has 0 unspecified atom stereocenters. The third-order valence-electron chi connectivity index (χ3n) is 3.61. The summed E-state index contributed by atoms with van der Waals surface area (Å²) in [5, 5.41) is 9.18. The number of aliphatic carboxylic acids is 1. The number of ether oxygens (including phenoxy) is 2. The summed E-state index contributed by atoms with van der Waals surface area (Å²) in [6.45, 7) is 0. The molecule has 0 spiro atoms. The standard InChI is InChI=1S/C17H18FNO6S/c1-24-15-5-3-4-13(17(15)25-2)14(10-16(20)21)19-26(22,23)12-8-6-11(18)7-9-12/h3-9,14,19H,10H2,1-2H3,(H,20,21)/t14-/m1/s1. The number of carbonyl (C=O) groups is 1. The molecule has 1 atom stereocenters. The number of nitrogens with one attached hydrogen (secondary N) is 1. The molecule has 0 bridgehead atoms. The first kappa shape index (κ1) is 19.7. The average Bonchev–Trinajstić information content (AvgIpc) is 2.60. The molecule has 0 aromatic heterocycles. The van der Waals surface area contributed by atoms with Crippen LogP contribution in [0.4, 0.5) is 4.39 Å². The second-order valence-electron chi connectivity index (χ2n) is 5.31. The first-order valence-corrected chi connectivity index (χ1v) is 8.97. The maximum atomic E-state index is 13.0. The van der Waals surface area contributed by atoms with E-state index >= 15 is 0 Å². The molecule has 0 heterocycles. The minimum Gasteiger partial charge on any atom is -0.493 e. The fourth-order valence-electron chi connectivity index (χ4n) is 2.45. The van der Waals surface area contributed by atoms with Gasteiger partial charge in [0.15, 0.2) is 11.5 Å². The highest BCUT2D eigenvalue weighted by Gasteiger charge is 2.27. The first-order chi connectivity index (χ1) is 12.3. The van der Waals surface area contributed by atoms with E-state index in [1.165, 1.54) is 14.2 Å². The number of sulfonamides is 1. The molecule has 9 heteroatoms. The number of hydrogen-bond donors (Lipinski definition) is 2. The van der Waals surface area contributed by atoms with E-state index in [2.05, 4.69) is 4.72 Å². The van der Waals surface area contributed by atoms with Crippen molar-refractivity contribution >= 4 is 16.0 Å². The van der Waals surface area contributed by atoms with E-state index in [-0.39, 0.29) is 10.6 Å². The van der Waals surface area contributed by atoms with Gasteiger partial charge in [-0.25, -0.2) is 17.5 Å². The Labute approximate surface area is 150 Å². The van der Waals surface area contributed by atoms with Crippen LogP contribution in [0.2, 0.25) is 0 Å². The lowest BCUT2D eigenvalue weighted by Gasteiger charge is -2.21. The summed E-state index contributed by atoms with van der Waals surface area (Å²) in [4.78, 5) is 11.1. The van der Waals surface area contributed by atoms with Gasteiger partial charge in [-0.05, 0) is 30.3 Å². The topological polar surface area (TPSA) is 102 Å². The van der Waals surface area contributed by atoms with Crippen LogP contribution >= 0.6 is 0 Å². The molecular formula is C17H18FNO6S. The van der Waals surface area contributed by atoms with Crippen LogP contribution in [-0.2, 0) is 14.8 Å². The Morgan fingerprint density at radius 2 is 1.81 bits per heavy atom. The minimum atomic E-state index is -4.09. The molecule has 0 aliphatic carbocycles. The molecule has 7 nitrogen and oxygen atoms in total. The van der Waals surface area contributed by atoms with Gasteiger partial charge in [0.25, 0.3) is 0 Å². The van der Waals surface area contributed by atoms with E-state index in [9.17, 15) is 22.7 Å². The molecule has 0 aliphatic heterocycles. The Balaban J connectivity index is 2.46. The molecular weight excluding hydrogens is 365 g/mol. The Morgan fingerprint density at radius 3 is 2.35 bits per heavy atom. The first-order valence-electron chi connectivity index (χ1n) is 7.49. The van der Waals surface area contributed by atoms with Crippen LogP contribution in [0, 0.1) is 5.82 Å². The van der Waals surface area contributed by atoms with E-state index in [1.54, 1.807) is 18.2 Å². The van der Waals surface area contributed by atoms with Gasteiger partial charge in [0.1, 0.15) is 5.82 Å². The second-order valence-corrected chi connectivity index (χ2v) is 7.02. The predicted octanol–water partition coefficient (Wildman–Crippen LogP) is 2.34. The van der Waals surface area contributed by atoms with E-state index in [4.69, 9.17) is 9.47 Å². The number of rotatable bonds is 8. The van der Waals surface area contributed by atoms with Crippen molar-refractivity contribution in [2.75, 3.05) is 14.2 Å². The molecule has 0 saturated heterocycles. The zero-order chi connectivity index (χ0) is 19.3. The highest BCUT2D eigenvalue weighted by atomic mass is 32.2. The third-order valence-corrected chi connectivity index (χ3v) is 5.10. The Morgan fingerprint density at radius 1 is 1.15 bits per heavy atom. The molecule has 0 aliphatic rings. The van der Waals surface area contributed by atoms with E-state index < -0.39 is 34.3 Å². The number of benzene rings is 2. The molecule has 0 radical (unpaired) electrons. The zero-order valence-electron chi connectivity index (χ0n) is 14.1. The van der Waals surface area contributed by atoms with Gasteiger partial charge in [-0.15, -0.1) is 0 Å².